The van der Waals surface area contributed by atoms with E-state index < -0.39 is 0 Å². The normalized spacial score (nSPS) is 28.6. The molecule has 0 aromatic heterocycles. The third-order valence-corrected chi connectivity index (χ3v) is 4.53. The van der Waals surface area contributed by atoms with E-state index in [4.69, 9.17) is 9.84 Å². The number of aliphatic hydroxyl groups is 1. The molecule has 1 amide bonds. The zero-order valence-corrected chi connectivity index (χ0v) is 11.6. The zero-order chi connectivity index (χ0) is 14.0. The second-order valence-corrected chi connectivity index (χ2v) is 5.99. The van der Waals surface area contributed by atoms with Gasteiger partial charge in [-0.15, -0.1) is 0 Å². The SMILES string of the molecule is O=C1N[C@@]2(CC[C@@H](c3ccc(CCCO)cc3)C2)CO1. The Balaban J connectivity index is 1.64. The number of carbonyl (C=O) groups excluding carboxylic acids is 1. The molecule has 108 valence electrons. The molecule has 1 aromatic rings. The maximum absolute atomic E-state index is 11.2. The van der Waals surface area contributed by atoms with Crippen molar-refractivity contribution >= 4 is 6.09 Å². The van der Waals surface area contributed by atoms with Crippen molar-refractivity contribution in [3.63, 3.8) is 0 Å². The molecule has 1 aliphatic carbocycles. The van der Waals surface area contributed by atoms with Gasteiger partial charge in [0, 0.05) is 6.61 Å². The van der Waals surface area contributed by atoms with Gasteiger partial charge in [0.1, 0.15) is 6.61 Å². The maximum atomic E-state index is 11.2. The summed E-state index contributed by atoms with van der Waals surface area (Å²) in [5, 5.41) is 11.8. The molecule has 2 aliphatic rings. The van der Waals surface area contributed by atoms with Gasteiger partial charge in [0.05, 0.1) is 5.54 Å². The Labute approximate surface area is 119 Å². The predicted molar refractivity (Wildman–Crippen MR) is 75.7 cm³/mol. The van der Waals surface area contributed by atoms with Gasteiger partial charge in [-0.3, -0.25) is 0 Å². The van der Waals surface area contributed by atoms with Crippen molar-refractivity contribution in [2.75, 3.05) is 13.2 Å². The second-order valence-electron chi connectivity index (χ2n) is 5.99. The third-order valence-electron chi connectivity index (χ3n) is 4.53. The van der Waals surface area contributed by atoms with Gasteiger partial charge in [0.15, 0.2) is 0 Å². The lowest BCUT2D eigenvalue weighted by Crippen LogP contribution is -2.40. The molecule has 1 spiro atoms. The summed E-state index contributed by atoms with van der Waals surface area (Å²) in [7, 11) is 0. The first kappa shape index (κ1) is 13.4. The monoisotopic (exact) mass is 275 g/mol. The van der Waals surface area contributed by atoms with Crippen molar-refractivity contribution in [3.8, 4) is 0 Å². The summed E-state index contributed by atoms with van der Waals surface area (Å²) in [6, 6.07) is 8.68. The number of amides is 1. The van der Waals surface area contributed by atoms with Gasteiger partial charge in [0.25, 0.3) is 0 Å². The summed E-state index contributed by atoms with van der Waals surface area (Å²) in [5.74, 6) is 0.504. The van der Waals surface area contributed by atoms with Gasteiger partial charge < -0.3 is 15.2 Å². The Bertz CT molecular complexity index is 485. The molecule has 0 unspecified atom stereocenters. The number of aryl methyl sites for hydroxylation is 1. The van der Waals surface area contributed by atoms with E-state index in [-0.39, 0.29) is 18.2 Å². The van der Waals surface area contributed by atoms with Gasteiger partial charge in [-0.25, -0.2) is 4.79 Å². The van der Waals surface area contributed by atoms with Crippen LogP contribution in [0, 0.1) is 0 Å². The smallest absolute Gasteiger partial charge is 0.407 e. The largest absolute Gasteiger partial charge is 0.447 e. The van der Waals surface area contributed by atoms with Gasteiger partial charge in [0.2, 0.25) is 0 Å². The Hall–Kier alpha value is -1.55. The molecule has 0 radical (unpaired) electrons. The van der Waals surface area contributed by atoms with Crippen LogP contribution < -0.4 is 5.32 Å². The van der Waals surface area contributed by atoms with E-state index in [0.717, 1.165) is 32.1 Å². The van der Waals surface area contributed by atoms with E-state index in [0.29, 0.717) is 12.5 Å². The summed E-state index contributed by atoms with van der Waals surface area (Å²) in [5.41, 5.74) is 2.49. The van der Waals surface area contributed by atoms with Crippen LogP contribution in [0.15, 0.2) is 24.3 Å². The lowest BCUT2D eigenvalue weighted by molar-refractivity contribution is 0.172. The fraction of sp³-hybridized carbons (Fsp3) is 0.562. The van der Waals surface area contributed by atoms with E-state index >= 15 is 0 Å². The van der Waals surface area contributed by atoms with Gasteiger partial charge in [-0.1, -0.05) is 24.3 Å². The van der Waals surface area contributed by atoms with Gasteiger partial charge in [-0.2, -0.15) is 0 Å². The van der Waals surface area contributed by atoms with Crippen molar-refractivity contribution in [2.24, 2.45) is 0 Å². The third kappa shape index (κ3) is 2.66. The van der Waals surface area contributed by atoms with Gasteiger partial charge in [-0.05, 0) is 49.1 Å². The first-order chi connectivity index (χ1) is 9.71. The summed E-state index contributed by atoms with van der Waals surface area (Å²) >= 11 is 0. The van der Waals surface area contributed by atoms with Crippen LogP contribution in [0.5, 0.6) is 0 Å². The fourth-order valence-electron chi connectivity index (χ4n) is 3.39. The molecule has 1 saturated carbocycles. The molecule has 1 aliphatic heterocycles. The minimum atomic E-state index is -0.273. The molecule has 3 rings (SSSR count). The van der Waals surface area contributed by atoms with E-state index in [1.807, 2.05) is 0 Å². The molecule has 2 fully saturated rings. The van der Waals surface area contributed by atoms with Crippen molar-refractivity contribution in [3.05, 3.63) is 35.4 Å². The molecule has 2 N–H and O–H groups in total. The molecule has 20 heavy (non-hydrogen) atoms. The van der Waals surface area contributed by atoms with Crippen molar-refractivity contribution in [2.45, 2.75) is 43.6 Å². The van der Waals surface area contributed by atoms with Crippen LogP contribution in [0.2, 0.25) is 0 Å². The first-order valence-electron chi connectivity index (χ1n) is 7.35. The number of alkyl carbamates (subject to hydrolysis) is 1. The summed E-state index contributed by atoms with van der Waals surface area (Å²) in [6.07, 6.45) is 4.53. The quantitative estimate of drug-likeness (QED) is 0.887. The topological polar surface area (TPSA) is 58.6 Å². The fourth-order valence-corrected chi connectivity index (χ4v) is 3.39. The van der Waals surface area contributed by atoms with Crippen LogP contribution in [-0.4, -0.2) is 30.0 Å². The number of ether oxygens (including phenoxy) is 1. The van der Waals surface area contributed by atoms with Crippen LogP contribution in [0.4, 0.5) is 4.79 Å². The van der Waals surface area contributed by atoms with E-state index in [1.165, 1.54) is 11.1 Å². The van der Waals surface area contributed by atoms with Crippen molar-refractivity contribution < 1.29 is 14.6 Å². The number of rotatable bonds is 4. The molecule has 4 nitrogen and oxygen atoms in total. The van der Waals surface area contributed by atoms with Crippen LogP contribution >= 0.6 is 0 Å². The highest BCUT2D eigenvalue weighted by molar-refractivity contribution is 5.70. The lowest BCUT2D eigenvalue weighted by Gasteiger charge is -2.20. The highest BCUT2D eigenvalue weighted by atomic mass is 16.6. The highest BCUT2D eigenvalue weighted by Gasteiger charge is 2.45. The van der Waals surface area contributed by atoms with Crippen molar-refractivity contribution in [1.29, 1.82) is 0 Å². The number of benzene rings is 1. The average Bonchev–Trinajstić information content (AvgIpc) is 3.04. The summed E-state index contributed by atoms with van der Waals surface area (Å²) < 4.78 is 5.06. The Morgan fingerprint density at radius 1 is 1.35 bits per heavy atom. The minimum Gasteiger partial charge on any atom is -0.447 e. The number of cyclic esters (lactones) is 1. The number of carbonyl (C=O) groups is 1. The van der Waals surface area contributed by atoms with Gasteiger partial charge >= 0.3 is 6.09 Å². The molecule has 0 bridgehead atoms. The molecule has 1 saturated heterocycles. The molecule has 1 aromatic carbocycles. The molecular weight excluding hydrogens is 254 g/mol. The zero-order valence-electron chi connectivity index (χ0n) is 11.6. The molecular formula is C16H21NO3. The Morgan fingerprint density at radius 2 is 2.15 bits per heavy atom. The second kappa shape index (κ2) is 5.44. The molecule has 2 atom stereocenters. The predicted octanol–water partition coefficient (Wildman–Crippen LogP) is 2.36. The summed E-state index contributed by atoms with van der Waals surface area (Å²) in [6.45, 7) is 0.753. The molecule has 4 heteroatoms. The molecule has 1 heterocycles. The number of nitrogens with one attached hydrogen (secondary N) is 1. The highest BCUT2D eigenvalue weighted by Crippen LogP contribution is 2.42. The summed E-state index contributed by atoms with van der Waals surface area (Å²) in [4.78, 5) is 11.2. The van der Waals surface area contributed by atoms with Crippen LogP contribution in [0.3, 0.4) is 0 Å². The average molecular weight is 275 g/mol. The minimum absolute atomic E-state index is 0.128. The lowest BCUT2D eigenvalue weighted by atomic mass is 9.92. The van der Waals surface area contributed by atoms with Crippen LogP contribution in [-0.2, 0) is 11.2 Å². The number of hydrogen-bond acceptors (Lipinski definition) is 3. The Kier molecular flexibility index (Phi) is 3.66. The van der Waals surface area contributed by atoms with E-state index in [1.54, 1.807) is 0 Å². The number of aliphatic hydroxyl groups excluding tert-OH is 1. The van der Waals surface area contributed by atoms with Crippen molar-refractivity contribution in [1.82, 2.24) is 5.32 Å². The Morgan fingerprint density at radius 3 is 2.80 bits per heavy atom. The number of hydrogen-bond donors (Lipinski definition) is 2. The maximum Gasteiger partial charge on any atom is 0.407 e. The van der Waals surface area contributed by atoms with Crippen LogP contribution in [0.25, 0.3) is 0 Å². The first-order valence-corrected chi connectivity index (χ1v) is 7.35. The standard InChI is InChI=1S/C16H21NO3/c18-9-1-2-12-3-5-13(6-4-12)14-7-8-16(10-14)11-20-15(19)17-16/h3-6,14,18H,1-2,7-11H2,(H,17,19)/t14-,16-/m1/s1. The van der Waals surface area contributed by atoms with E-state index in [2.05, 4.69) is 29.6 Å². The van der Waals surface area contributed by atoms with Crippen LogP contribution in [0.1, 0.15) is 42.7 Å². The van der Waals surface area contributed by atoms with E-state index in [9.17, 15) is 4.79 Å².